The number of likely N-dealkylation sites (tertiary alicyclic amines) is 1. The molecule has 0 atom stereocenters. The molecule has 1 fully saturated rings. The largest absolute Gasteiger partial charge is 0.359 e. The molecule has 1 heterocycles. The number of nitrogens with one attached hydrogen (secondary N) is 2. The van der Waals surface area contributed by atoms with Gasteiger partial charge < -0.3 is 15.5 Å². The Morgan fingerprint density at radius 2 is 2.25 bits per heavy atom. The van der Waals surface area contributed by atoms with E-state index in [0.29, 0.717) is 0 Å². The van der Waals surface area contributed by atoms with Crippen LogP contribution in [-0.4, -0.2) is 51.1 Å². The van der Waals surface area contributed by atoms with Gasteiger partial charge in [-0.3, -0.25) is 4.99 Å². The monoisotopic (exact) mass is 170 g/mol. The predicted octanol–water partition coefficient (Wildman–Crippen LogP) is -0.513. The van der Waals surface area contributed by atoms with Crippen molar-refractivity contribution in [2.45, 2.75) is 6.42 Å². The van der Waals surface area contributed by atoms with Crippen molar-refractivity contribution in [3.63, 3.8) is 0 Å². The van der Waals surface area contributed by atoms with Gasteiger partial charge in [-0.2, -0.15) is 0 Å². The van der Waals surface area contributed by atoms with Crippen LogP contribution in [-0.2, 0) is 0 Å². The zero-order valence-electron chi connectivity index (χ0n) is 7.93. The van der Waals surface area contributed by atoms with Crippen molar-refractivity contribution in [1.29, 1.82) is 0 Å². The topological polar surface area (TPSA) is 39.7 Å². The summed E-state index contributed by atoms with van der Waals surface area (Å²) in [6, 6.07) is 0. The fourth-order valence-corrected chi connectivity index (χ4v) is 1.22. The van der Waals surface area contributed by atoms with Gasteiger partial charge in [0.05, 0.1) is 0 Å². The summed E-state index contributed by atoms with van der Waals surface area (Å²) < 4.78 is 0. The second-order valence-electron chi connectivity index (χ2n) is 2.94. The van der Waals surface area contributed by atoms with Gasteiger partial charge >= 0.3 is 0 Å². The van der Waals surface area contributed by atoms with Gasteiger partial charge in [0, 0.05) is 27.2 Å². The molecule has 0 spiro atoms. The van der Waals surface area contributed by atoms with Gasteiger partial charge in [0.25, 0.3) is 0 Å². The number of hydrogen-bond acceptors (Lipinski definition) is 2. The standard InChI is InChI=1S/C8H18N4/c1-9-8(10-2)11-4-7-12-5-3-6-12/h3-7H2,1-2H3,(H2,9,10,11). The minimum Gasteiger partial charge on any atom is -0.359 e. The third-order valence-corrected chi connectivity index (χ3v) is 2.13. The zero-order chi connectivity index (χ0) is 8.81. The van der Waals surface area contributed by atoms with Crippen molar-refractivity contribution in [2.24, 2.45) is 4.99 Å². The fourth-order valence-electron chi connectivity index (χ4n) is 1.22. The number of guanidine groups is 1. The van der Waals surface area contributed by atoms with E-state index in [-0.39, 0.29) is 0 Å². The summed E-state index contributed by atoms with van der Waals surface area (Å²) in [6.45, 7) is 4.63. The lowest BCUT2D eigenvalue weighted by molar-refractivity contribution is 0.185. The molecule has 0 radical (unpaired) electrons. The molecule has 0 aliphatic carbocycles. The molecule has 0 saturated carbocycles. The lowest BCUT2D eigenvalue weighted by Gasteiger charge is -2.30. The van der Waals surface area contributed by atoms with Gasteiger partial charge in [-0.15, -0.1) is 0 Å². The third-order valence-electron chi connectivity index (χ3n) is 2.13. The summed E-state index contributed by atoms with van der Waals surface area (Å²) in [5, 5.41) is 6.20. The highest BCUT2D eigenvalue weighted by Gasteiger charge is 2.12. The van der Waals surface area contributed by atoms with Crippen LogP contribution in [0.25, 0.3) is 0 Å². The van der Waals surface area contributed by atoms with E-state index in [4.69, 9.17) is 0 Å². The molecule has 0 unspecified atom stereocenters. The van der Waals surface area contributed by atoms with E-state index in [1.165, 1.54) is 19.5 Å². The van der Waals surface area contributed by atoms with Gasteiger partial charge in [0.2, 0.25) is 0 Å². The molecular weight excluding hydrogens is 152 g/mol. The lowest BCUT2D eigenvalue weighted by atomic mass is 10.2. The van der Waals surface area contributed by atoms with E-state index in [2.05, 4.69) is 20.5 Å². The average Bonchev–Trinajstić information content (AvgIpc) is 2.02. The van der Waals surface area contributed by atoms with Crippen LogP contribution in [0.2, 0.25) is 0 Å². The number of hydrogen-bond donors (Lipinski definition) is 2. The van der Waals surface area contributed by atoms with Crippen LogP contribution in [0.3, 0.4) is 0 Å². The Labute approximate surface area is 74.0 Å². The third kappa shape index (κ3) is 2.70. The van der Waals surface area contributed by atoms with Gasteiger partial charge in [0.15, 0.2) is 5.96 Å². The van der Waals surface area contributed by atoms with Crippen LogP contribution in [0.4, 0.5) is 0 Å². The van der Waals surface area contributed by atoms with Crippen LogP contribution in [0, 0.1) is 0 Å². The molecule has 0 aromatic heterocycles. The number of nitrogens with zero attached hydrogens (tertiary/aromatic N) is 2. The molecule has 0 aromatic rings. The molecule has 1 aliphatic heterocycles. The van der Waals surface area contributed by atoms with Crippen LogP contribution < -0.4 is 10.6 Å². The van der Waals surface area contributed by atoms with E-state index in [1.54, 1.807) is 7.05 Å². The summed E-state index contributed by atoms with van der Waals surface area (Å²) >= 11 is 0. The van der Waals surface area contributed by atoms with E-state index in [0.717, 1.165) is 19.0 Å². The summed E-state index contributed by atoms with van der Waals surface area (Å²) in [4.78, 5) is 6.45. The number of aliphatic imine (C=N–C) groups is 1. The van der Waals surface area contributed by atoms with E-state index in [1.807, 2.05) is 7.05 Å². The zero-order valence-corrected chi connectivity index (χ0v) is 7.93. The first-order chi connectivity index (χ1) is 5.86. The molecule has 1 rings (SSSR count). The van der Waals surface area contributed by atoms with E-state index < -0.39 is 0 Å². The molecule has 0 bridgehead atoms. The van der Waals surface area contributed by atoms with Crippen LogP contribution in [0.15, 0.2) is 4.99 Å². The minimum atomic E-state index is 0.871. The maximum absolute atomic E-state index is 4.02. The van der Waals surface area contributed by atoms with Crippen molar-refractivity contribution in [3.05, 3.63) is 0 Å². The Bertz CT molecular complexity index is 151. The quantitative estimate of drug-likeness (QED) is 0.442. The maximum Gasteiger partial charge on any atom is 0.190 e. The summed E-state index contributed by atoms with van der Waals surface area (Å²) in [7, 11) is 3.65. The fraction of sp³-hybridized carbons (Fsp3) is 0.875. The molecule has 0 amide bonds. The van der Waals surface area contributed by atoms with E-state index in [9.17, 15) is 0 Å². The summed E-state index contributed by atoms with van der Waals surface area (Å²) in [6.07, 6.45) is 1.36. The first-order valence-electron chi connectivity index (χ1n) is 4.47. The van der Waals surface area contributed by atoms with E-state index >= 15 is 0 Å². The normalized spacial score (nSPS) is 18.7. The Morgan fingerprint density at radius 1 is 1.50 bits per heavy atom. The van der Waals surface area contributed by atoms with Crippen molar-refractivity contribution >= 4 is 5.96 Å². The van der Waals surface area contributed by atoms with Crippen molar-refractivity contribution in [3.8, 4) is 0 Å². The second-order valence-corrected chi connectivity index (χ2v) is 2.94. The van der Waals surface area contributed by atoms with Crippen LogP contribution in [0.1, 0.15) is 6.42 Å². The smallest absolute Gasteiger partial charge is 0.190 e. The molecule has 4 heteroatoms. The Kier molecular flexibility index (Phi) is 3.87. The first kappa shape index (κ1) is 9.32. The van der Waals surface area contributed by atoms with Crippen LogP contribution in [0.5, 0.6) is 0 Å². The summed E-state index contributed by atoms with van der Waals surface area (Å²) in [5.41, 5.74) is 0. The highest BCUT2D eigenvalue weighted by Crippen LogP contribution is 2.02. The molecule has 1 saturated heterocycles. The Balaban J connectivity index is 2.00. The molecule has 12 heavy (non-hydrogen) atoms. The van der Waals surface area contributed by atoms with Crippen LogP contribution >= 0.6 is 0 Å². The lowest BCUT2D eigenvalue weighted by Crippen LogP contribution is -2.44. The molecule has 0 aromatic carbocycles. The summed E-state index contributed by atoms with van der Waals surface area (Å²) in [5.74, 6) is 0.871. The maximum atomic E-state index is 4.02. The van der Waals surface area contributed by atoms with Crippen molar-refractivity contribution in [2.75, 3.05) is 40.3 Å². The highest BCUT2D eigenvalue weighted by atomic mass is 15.2. The predicted molar refractivity (Wildman–Crippen MR) is 51.5 cm³/mol. The second kappa shape index (κ2) is 4.98. The molecule has 4 nitrogen and oxygen atoms in total. The van der Waals surface area contributed by atoms with Gasteiger partial charge in [-0.25, -0.2) is 0 Å². The molecule has 70 valence electrons. The van der Waals surface area contributed by atoms with Gasteiger partial charge in [-0.05, 0) is 19.5 Å². The molecular formula is C8H18N4. The molecule has 2 N–H and O–H groups in total. The van der Waals surface area contributed by atoms with Gasteiger partial charge in [-0.1, -0.05) is 0 Å². The van der Waals surface area contributed by atoms with Gasteiger partial charge in [0.1, 0.15) is 0 Å². The molecule has 1 aliphatic rings. The minimum absolute atomic E-state index is 0.871. The SMILES string of the molecule is CN=C(NC)NCCN1CCC1. The number of rotatable bonds is 3. The first-order valence-corrected chi connectivity index (χ1v) is 4.47. The average molecular weight is 170 g/mol. The van der Waals surface area contributed by atoms with Crippen molar-refractivity contribution in [1.82, 2.24) is 15.5 Å². The highest BCUT2D eigenvalue weighted by molar-refractivity contribution is 5.79. The van der Waals surface area contributed by atoms with Crippen molar-refractivity contribution < 1.29 is 0 Å². The Morgan fingerprint density at radius 3 is 2.67 bits per heavy atom. The Hall–Kier alpha value is -0.770.